The highest BCUT2D eigenvalue weighted by Gasteiger charge is 2.26. The maximum absolute atomic E-state index is 12.5. The van der Waals surface area contributed by atoms with Gasteiger partial charge < -0.3 is 4.57 Å². The first-order chi connectivity index (χ1) is 12.3. The minimum Gasteiger partial charge on any atom is -0.314 e. The van der Waals surface area contributed by atoms with Crippen LogP contribution in [0.15, 0.2) is 41.3 Å². The summed E-state index contributed by atoms with van der Waals surface area (Å²) in [7, 11) is 0. The van der Waals surface area contributed by atoms with Crippen LogP contribution in [0.2, 0.25) is 5.02 Å². The quantitative estimate of drug-likeness (QED) is 0.639. The van der Waals surface area contributed by atoms with E-state index in [1.165, 1.54) is 10.5 Å². The van der Waals surface area contributed by atoms with E-state index >= 15 is 0 Å². The van der Waals surface area contributed by atoms with Gasteiger partial charge in [0.2, 0.25) is 5.78 Å². The van der Waals surface area contributed by atoms with Gasteiger partial charge in [-0.1, -0.05) is 30.7 Å². The van der Waals surface area contributed by atoms with Gasteiger partial charge in [0.25, 0.3) is 5.56 Å². The molecule has 0 aliphatic rings. The second-order valence-electron chi connectivity index (χ2n) is 6.00. The fraction of sp³-hybridized carbons (Fsp3) is 0.333. The zero-order valence-electron chi connectivity index (χ0n) is 14.1. The molecule has 0 saturated heterocycles. The van der Waals surface area contributed by atoms with Crippen molar-refractivity contribution < 1.29 is 13.2 Å². The SMILES string of the molecule is CCc1cn2c(=O)cc(-c3ccc(Cl)cc3)nc2n1CCCC(F)(F)F. The summed E-state index contributed by atoms with van der Waals surface area (Å²) in [6.45, 7) is 2.04. The number of hydrogen-bond acceptors (Lipinski definition) is 2. The molecule has 2 aromatic heterocycles. The molecule has 3 rings (SSSR count). The first-order valence-electron chi connectivity index (χ1n) is 8.23. The minimum atomic E-state index is -4.20. The summed E-state index contributed by atoms with van der Waals surface area (Å²) in [6.07, 6.45) is -2.91. The Bertz CT molecular complexity index is 974. The fourth-order valence-corrected chi connectivity index (χ4v) is 3.00. The lowest BCUT2D eigenvalue weighted by molar-refractivity contribution is -0.135. The van der Waals surface area contributed by atoms with E-state index in [9.17, 15) is 18.0 Å². The predicted octanol–water partition coefficient (Wildman–Crippen LogP) is 4.72. The fourth-order valence-electron chi connectivity index (χ4n) is 2.87. The van der Waals surface area contributed by atoms with Crippen molar-refractivity contribution in [1.29, 1.82) is 0 Å². The molecular weight excluding hydrogens is 367 g/mol. The second kappa shape index (κ2) is 7.15. The Morgan fingerprint density at radius 1 is 1.19 bits per heavy atom. The Hall–Kier alpha value is -2.28. The van der Waals surface area contributed by atoms with E-state index in [2.05, 4.69) is 4.98 Å². The van der Waals surface area contributed by atoms with Crippen LogP contribution in [-0.4, -0.2) is 20.1 Å². The first-order valence-corrected chi connectivity index (χ1v) is 8.61. The zero-order valence-corrected chi connectivity index (χ0v) is 14.8. The molecule has 138 valence electrons. The van der Waals surface area contributed by atoms with Gasteiger partial charge in [0, 0.05) is 41.5 Å². The lowest BCUT2D eigenvalue weighted by Crippen LogP contribution is -2.15. The van der Waals surface area contributed by atoms with Crippen LogP contribution in [0.3, 0.4) is 0 Å². The molecule has 0 aliphatic heterocycles. The number of aromatic nitrogens is 3. The van der Waals surface area contributed by atoms with E-state index < -0.39 is 12.6 Å². The van der Waals surface area contributed by atoms with Crippen molar-refractivity contribution in [3.63, 3.8) is 0 Å². The summed E-state index contributed by atoms with van der Waals surface area (Å²) in [5.41, 5.74) is 1.67. The van der Waals surface area contributed by atoms with Gasteiger partial charge >= 0.3 is 6.18 Å². The molecule has 0 N–H and O–H groups in total. The van der Waals surface area contributed by atoms with Gasteiger partial charge in [0.15, 0.2) is 0 Å². The van der Waals surface area contributed by atoms with Crippen LogP contribution < -0.4 is 5.56 Å². The molecule has 4 nitrogen and oxygen atoms in total. The van der Waals surface area contributed by atoms with Gasteiger partial charge in [0.1, 0.15) is 0 Å². The van der Waals surface area contributed by atoms with Crippen LogP contribution in [-0.2, 0) is 13.0 Å². The summed E-state index contributed by atoms with van der Waals surface area (Å²) < 4.78 is 40.5. The van der Waals surface area contributed by atoms with Crippen LogP contribution in [0.25, 0.3) is 17.0 Å². The smallest absolute Gasteiger partial charge is 0.314 e. The molecule has 0 spiro atoms. The number of aryl methyl sites for hydroxylation is 2. The van der Waals surface area contributed by atoms with E-state index in [0.29, 0.717) is 22.9 Å². The largest absolute Gasteiger partial charge is 0.389 e. The molecule has 0 atom stereocenters. The number of hydrogen-bond donors (Lipinski definition) is 0. The topological polar surface area (TPSA) is 39.3 Å². The van der Waals surface area contributed by atoms with Crippen molar-refractivity contribution in [1.82, 2.24) is 14.0 Å². The van der Waals surface area contributed by atoms with Gasteiger partial charge in [-0.15, -0.1) is 0 Å². The van der Waals surface area contributed by atoms with Crippen LogP contribution in [0.5, 0.6) is 0 Å². The third-order valence-electron chi connectivity index (χ3n) is 4.14. The molecule has 8 heteroatoms. The molecule has 3 aromatic rings. The lowest BCUT2D eigenvalue weighted by atomic mass is 10.1. The Morgan fingerprint density at radius 3 is 2.50 bits per heavy atom. The third kappa shape index (κ3) is 3.93. The number of benzene rings is 1. The Morgan fingerprint density at radius 2 is 1.88 bits per heavy atom. The first kappa shape index (κ1) is 18.5. The zero-order chi connectivity index (χ0) is 18.9. The molecule has 0 saturated carbocycles. The molecule has 0 aliphatic carbocycles. The van der Waals surface area contributed by atoms with Crippen molar-refractivity contribution in [3.8, 4) is 11.3 Å². The summed E-state index contributed by atoms with van der Waals surface area (Å²) in [4.78, 5) is 17.0. The highest BCUT2D eigenvalue weighted by atomic mass is 35.5. The van der Waals surface area contributed by atoms with Crippen molar-refractivity contribution in [2.45, 2.75) is 38.9 Å². The van der Waals surface area contributed by atoms with Gasteiger partial charge in [-0.3, -0.25) is 9.20 Å². The normalized spacial score (nSPS) is 12.0. The molecule has 0 fully saturated rings. The average Bonchev–Trinajstić information content (AvgIpc) is 2.93. The maximum Gasteiger partial charge on any atom is 0.389 e. The van der Waals surface area contributed by atoms with Gasteiger partial charge in [0.05, 0.1) is 5.69 Å². The lowest BCUT2D eigenvalue weighted by Gasteiger charge is -2.10. The standard InChI is InChI=1S/C18H17ClF3N3O/c1-2-14-11-25-16(26)10-15(12-4-6-13(19)7-5-12)23-17(25)24(14)9-3-8-18(20,21)22/h4-7,10-11H,2-3,8-9H2,1H3. The third-order valence-corrected chi connectivity index (χ3v) is 4.40. The van der Waals surface area contributed by atoms with Crippen LogP contribution >= 0.6 is 11.6 Å². The monoisotopic (exact) mass is 383 g/mol. The van der Waals surface area contributed by atoms with E-state index in [-0.39, 0.29) is 18.5 Å². The molecule has 0 amide bonds. The van der Waals surface area contributed by atoms with Crippen molar-refractivity contribution in [2.24, 2.45) is 0 Å². The van der Waals surface area contributed by atoms with E-state index in [0.717, 1.165) is 11.3 Å². The highest BCUT2D eigenvalue weighted by molar-refractivity contribution is 6.30. The Balaban J connectivity index is 2.05. The van der Waals surface area contributed by atoms with Gasteiger partial charge in [-0.05, 0) is 25.0 Å². The summed E-state index contributed by atoms with van der Waals surface area (Å²) in [5, 5.41) is 0.565. The van der Waals surface area contributed by atoms with Gasteiger partial charge in [-0.2, -0.15) is 13.2 Å². The van der Waals surface area contributed by atoms with Crippen LogP contribution in [0, 0.1) is 0 Å². The van der Waals surface area contributed by atoms with Crippen molar-refractivity contribution >= 4 is 17.4 Å². The number of rotatable bonds is 5. The Labute approximate surface area is 152 Å². The molecule has 26 heavy (non-hydrogen) atoms. The minimum absolute atomic E-state index is 0.0676. The van der Waals surface area contributed by atoms with Crippen LogP contribution in [0.1, 0.15) is 25.5 Å². The second-order valence-corrected chi connectivity index (χ2v) is 6.44. The molecule has 0 radical (unpaired) electrons. The number of fused-ring (bicyclic) bond motifs is 1. The van der Waals surface area contributed by atoms with E-state index in [1.807, 2.05) is 6.92 Å². The molecule has 2 heterocycles. The average molecular weight is 384 g/mol. The molecule has 0 unspecified atom stereocenters. The molecule has 1 aromatic carbocycles. The van der Waals surface area contributed by atoms with Crippen LogP contribution in [0.4, 0.5) is 13.2 Å². The van der Waals surface area contributed by atoms with E-state index in [1.54, 1.807) is 35.0 Å². The number of nitrogens with zero attached hydrogens (tertiary/aromatic N) is 3. The number of halogens is 4. The number of imidazole rings is 1. The van der Waals surface area contributed by atoms with Crippen molar-refractivity contribution in [3.05, 3.63) is 57.6 Å². The predicted molar refractivity (Wildman–Crippen MR) is 94.6 cm³/mol. The maximum atomic E-state index is 12.5. The summed E-state index contributed by atoms with van der Waals surface area (Å²) in [6, 6.07) is 8.30. The Kier molecular flexibility index (Phi) is 5.09. The van der Waals surface area contributed by atoms with E-state index in [4.69, 9.17) is 11.6 Å². The highest BCUT2D eigenvalue weighted by Crippen LogP contribution is 2.23. The van der Waals surface area contributed by atoms with Crippen molar-refractivity contribution in [2.75, 3.05) is 0 Å². The summed E-state index contributed by atoms with van der Waals surface area (Å²) in [5.74, 6) is 0.349. The summed E-state index contributed by atoms with van der Waals surface area (Å²) >= 11 is 5.88. The van der Waals surface area contributed by atoms with Gasteiger partial charge in [-0.25, -0.2) is 4.98 Å². The molecule has 0 bridgehead atoms. The number of alkyl halides is 3. The molecular formula is C18H17ClF3N3O.